The van der Waals surface area contributed by atoms with E-state index in [0.717, 1.165) is 75.3 Å². The van der Waals surface area contributed by atoms with Crippen molar-refractivity contribution in [2.24, 2.45) is 11.3 Å². The van der Waals surface area contributed by atoms with Crippen LogP contribution in [0.4, 0.5) is 34.3 Å². The van der Waals surface area contributed by atoms with Crippen molar-refractivity contribution in [2.75, 3.05) is 113 Å². The van der Waals surface area contributed by atoms with E-state index in [1.165, 1.54) is 17.2 Å². The number of amides is 2. The Morgan fingerprint density at radius 3 is 2.48 bits per heavy atom. The van der Waals surface area contributed by atoms with Crippen molar-refractivity contribution in [3.63, 3.8) is 0 Å². The molecule has 3 N–H and O–H groups in total. The molecule has 1 aliphatic carbocycles. The van der Waals surface area contributed by atoms with Crippen LogP contribution in [0.15, 0.2) is 90.1 Å². The highest BCUT2D eigenvalue weighted by atomic mass is 32.2. The molecule has 6 fully saturated rings. The lowest BCUT2D eigenvalue weighted by Gasteiger charge is -2.58. The second-order valence-corrected chi connectivity index (χ2v) is 26.4. The first-order valence-corrected chi connectivity index (χ1v) is 32.0. The maximum atomic E-state index is 15.0. The van der Waals surface area contributed by atoms with Crippen LogP contribution in [0.25, 0.3) is 11.0 Å². The Labute approximate surface area is 504 Å². The van der Waals surface area contributed by atoms with E-state index in [1.54, 1.807) is 25.6 Å². The normalized spacial score (nSPS) is 24.2. The fourth-order valence-corrected chi connectivity index (χ4v) is 15.8. The van der Waals surface area contributed by atoms with Crippen molar-refractivity contribution >= 4 is 67.1 Å². The summed E-state index contributed by atoms with van der Waals surface area (Å²) in [6, 6.07) is 21.9. The number of nitrogens with zero attached hydrogens (tertiary/aromatic N) is 8. The summed E-state index contributed by atoms with van der Waals surface area (Å²) < 4.78 is 66.9. The number of carbonyl (C=O) groups is 2. The molecule has 2 amide bonds. The summed E-state index contributed by atoms with van der Waals surface area (Å²) >= 11 is 0. The van der Waals surface area contributed by atoms with Gasteiger partial charge in [0.05, 0.1) is 77.7 Å². The van der Waals surface area contributed by atoms with Crippen LogP contribution >= 0.6 is 0 Å². The van der Waals surface area contributed by atoms with Gasteiger partial charge in [-0.25, -0.2) is 18.1 Å². The standard InChI is InChI=1S/C63H73N11O12S/c1-38-6-4-5-7-46(38)53-34-70(62(76)42-27-55(81-3)59(65-33-42)71-21-25-84-35-39(71)2)19-20-72(53)44-31-63(32-44)14-17-69(18-15-63)43-8-9-47(50(28-43)73-49-13-24-83-37-56(49)86-61-52(73)26-41-10-16-64-58(41)67-61)60(75)68-87(79,80)45-29-51(74(77)78)57-54(30-45)85-36-48(66-57)40-11-22-82-23-12-40/h4-10,16,26-30,33,39-40,44,48-49,53,56,66H,11-15,17-25,31-32,34-37H2,1-3H3,(H,64,67)(H,68,75)/t39-,48-,49-,53-,56-/m0/s1. The summed E-state index contributed by atoms with van der Waals surface area (Å²) in [6.45, 7) is 11.5. The maximum Gasteiger partial charge on any atom is 0.297 e. The van der Waals surface area contributed by atoms with Crippen LogP contribution < -0.4 is 38.9 Å². The molecule has 0 unspecified atom stereocenters. The highest BCUT2D eigenvalue weighted by molar-refractivity contribution is 7.90. The zero-order valence-electron chi connectivity index (χ0n) is 49.2. The average molecular weight is 1210 g/mol. The number of anilines is 5. The van der Waals surface area contributed by atoms with E-state index in [9.17, 15) is 28.1 Å². The quantitative estimate of drug-likeness (QED) is 0.0782. The van der Waals surface area contributed by atoms with Gasteiger partial charge in [0.25, 0.3) is 27.5 Å². The topological polar surface area (TPSA) is 249 Å². The number of methoxy groups -OCH3 is 1. The molecule has 5 atom stereocenters. The lowest BCUT2D eigenvalue weighted by atomic mass is 9.59. The van der Waals surface area contributed by atoms with Crippen LogP contribution in [0.2, 0.25) is 0 Å². The molecule has 10 heterocycles. The number of benzene rings is 3. The van der Waals surface area contributed by atoms with E-state index >= 15 is 0 Å². The van der Waals surface area contributed by atoms with Gasteiger partial charge in [0.15, 0.2) is 23.0 Å². The smallest absolute Gasteiger partial charge is 0.297 e. The number of nitrogens with one attached hydrogen (secondary N) is 3. The highest BCUT2D eigenvalue weighted by Gasteiger charge is 2.51. The zero-order valence-corrected chi connectivity index (χ0v) is 50.0. The van der Waals surface area contributed by atoms with Gasteiger partial charge in [-0.05, 0) is 118 Å². The summed E-state index contributed by atoms with van der Waals surface area (Å²) in [4.78, 5) is 65.0. The fourth-order valence-electron chi connectivity index (χ4n) is 14.8. The van der Waals surface area contributed by atoms with E-state index in [-0.39, 0.29) is 71.6 Å². The molecule has 1 saturated carbocycles. The number of nitro groups is 1. The number of H-pyrrole nitrogens is 1. The molecule has 458 valence electrons. The molecule has 0 radical (unpaired) electrons. The Bertz CT molecular complexity index is 3750. The van der Waals surface area contributed by atoms with Crippen LogP contribution in [0.5, 0.6) is 17.4 Å². The number of nitro benzene ring substituents is 1. The van der Waals surface area contributed by atoms with Crippen molar-refractivity contribution in [3.05, 3.63) is 118 Å². The number of sulfonamides is 1. The monoisotopic (exact) mass is 1210 g/mol. The molecule has 8 aliphatic rings. The van der Waals surface area contributed by atoms with Gasteiger partial charge in [0, 0.05) is 101 Å². The lowest BCUT2D eigenvalue weighted by molar-refractivity contribution is -0.384. The molecule has 6 aromatic rings. The summed E-state index contributed by atoms with van der Waals surface area (Å²) in [5.41, 5.74) is 5.30. The molecule has 24 heteroatoms. The number of ether oxygens (including phenoxy) is 6. The molecule has 7 aliphatic heterocycles. The van der Waals surface area contributed by atoms with Gasteiger partial charge in [-0.2, -0.15) is 4.98 Å². The third kappa shape index (κ3) is 10.7. The predicted octanol–water partition coefficient (Wildman–Crippen LogP) is 7.76. The van der Waals surface area contributed by atoms with Crippen molar-refractivity contribution in [1.29, 1.82) is 0 Å². The first-order valence-electron chi connectivity index (χ1n) is 30.5. The van der Waals surface area contributed by atoms with Gasteiger partial charge in [-0.15, -0.1) is 0 Å². The second-order valence-electron chi connectivity index (χ2n) is 24.7. The van der Waals surface area contributed by atoms with Crippen LogP contribution in [0.3, 0.4) is 0 Å². The van der Waals surface area contributed by atoms with Crippen LogP contribution in [0, 0.1) is 28.4 Å². The second kappa shape index (κ2) is 23.1. The van der Waals surface area contributed by atoms with Crippen LogP contribution in [-0.2, 0) is 24.2 Å². The van der Waals surface area contributed by atoms with E-state index in [4.69, 9.17) is 38.4 Å². The molecule has 87 heavy (non-hydrogen) atoms. The molecular weight excluding hydrogens is 1130 g/mol. The first kappa shape index (κ1) is 57.0. The average Bonchev–Trinajstić information content (AvgIpc) is 1.55. The Morgan fingerprint density at radius 1 is 0.885 bits per heavy atom. The van der Waals surface area contributed by atoms with Gasteiger partial charge in [0.1, 0.15) is 24.0 Å². The summed E-state index contributed by atoms with van der Waals surface area (Å²) in [5, 5.41) is 16.7. The largest absolute Gasteiger partial charge is 0.493 e. The van der Waals surface area contributed by atoms with Crippen molar-refractivity contribution in [1.82, 2.24) is 29.5 Å². The third-order valence-corrected chi connectivity index (χ3v) is 21.0. The Hall–Kier alpha value is -7.77. The van der Waals surface area contributed by atoms with Crippen LogP contribution in [-0.4, -0.2) is 173 Å². The number of pyridine rings is 2. The molecule has 5 saturated heterocycles. The van der Waals surface area contributed by atoms with Crippen molar-refractivity contribution < 1.29 is 51.4 Å². The number of hydrogen-bond donors (Lipinski definition) is 3. The number of piperazine rings is 1. The maximum absolute atomic E-state index is 15.0. The number of carbonyl (C=O) groups excluding carboxylic acids is 2. The molecule has 23 nitrogen and oxygen atoms in total. The Morgan fingerprint density at radius 2 is 1.69 bits per heavy atom. The first-order chi connectivity index (χ1) is 42.2. The van der Waals surface area contributed by atoms with E-state index in [1.807, 2.05) is 35.2 Å². The lowest BCUT2D eigenvalue weighted by Crippen LogP contribution is -2.60. The molecule has 1 spiro atoms. The number of aromatic amines is 1. The number of piperidine rings is 1. The van der Waals surface area contributed by atoms with Gasteiger partial charge in [0.2, 0.25) is 5.88 Å². The number of rotatable bonds is 12. The Kier molecular flexibility index (Phi) is 15.1. The van der Waals surface area contributed by atoms with Gasteiger partial charge in [-0.3, -0.25) is 24.6 Å². The molecule has 0 bridgehead atoms. The predicted molar refractivity (Wildman–Crippen MR) is 324 cm³/mol. The molecular formula is C63H73N11O12S. The Balaban J connectivity index is 0.716. The number of fused-ring (bicyclic) bond motifs is 4. The van der Waals surface area contributed by atoms with E-state index < -0.39 is 37.5 Å². The highest BCUT2D eigenvalue weighted by Crippen LogP contribution is 2.54. The van der Waals surface area contributed by atoms with Gasteiger partial charge >= 0.3 is 0 Å². The molecule has 3 aromatic heterocycles. The van der Waals surface area contributed by atoms with Crippen molar-refractivity contribution in [3.8, 4) is 17.4 Å². The minimum Gasteiger partial charge on any atom is -0.493 e. The summed E-state index contributed by atoms with van der Waals surface area (Å²) in [6.07, 6.45) is 9.03. The van der Waals surface area contributed by atoms with E-state index in [0.29, 0.717) is 105 Å². The molecule has 3 aromatic carbocycles. The van der Waals surface area contributed by atoms with Gasteiger partial charge < -0.3 is 58.3 Å². The zero-order chi connectivity index (χ0) is 59.7. The SMILES string of the molecule is COc1cc(C(=O)N2CCN(C3CC4(CCN(c5ccc(C(=O)NS(=O)(=O)c6cc7c(c([N+](=O)[O-])c6)N[C@H](C6CCOCC6)CO7)c(N6c7cc8cc[nH]c8nc7O[C@H]7COCC[C@@H]76)c5)CC4)C3)[C@H](c3ccccc3C)C2)cnc1N1CCOC[C@@H]1C. The number of morpholine rings is 1. The van der Waals surface area contributed by atoms with Crippen molar-refractivity contribution in [2.45, 2.75) is 100 Å². The van der Waals surface area contributed by atoms with E-state index in [2.05, 4.69) is 72.7 Å². The minimum atomic E-state index is -4.74. The van der Waals surface area contributed by atoms with Gasteiger partial charge in [-0.1, -0.05) is 24.3 Å². The third-order valence-electron chi connectivity index (χ3n) is 19.7. The number of aryl methyl sites for hydroxylation is 1. The summed E-state index contributed by atoms with van der Waals surface area (Å²) in [5.74, 6) is 0.817. The van der Waals surface area contributed by atoms with Crippen LogP contribution in [0.1, 0.15) is 89.8 Å². The number of hydrogen-bond acceptors (Lipinski definition) is 19. The molecule has 14 rings (SSSR count). The number of aromatic nitrogens is 3. The minimum absolute atomic E-state index is 0.00108. The summed E-state index contributed by atoms with van der Waals surface area (Å²) in [7, 11) is -3.11. The fraction of sp³-hybridized carbons (Fsp3) is 0.492.